The molecule has 0 aliphatic rings. The second-order valence-corrected chi connectivity index (χ2v) is 10.4. The number of nitrogens with two attached hydrogens (primary N) is 1. The molecule has 1 aromatic rings. The van der Waals surface area contributed by atoms with Gasteiger partial charge in [0.25, 0.3) is 0 Å². The van der Waals surface area contributed by atoms with Gasteiger partial charge in [-0.15, -0.1) is 11.5 Å². The molecule has 86 valence electrons. The van der Waals surface area contributed by atoms with Crippen LogP contribution in [0.3, 0.4) is 0 Å². The summed E-state index contributed by atoms with van der Waals surface area (Å²) in [4.78, 5) is 4.13. The van der Waals surface area contributed by atoms with Gasteiger partial charge in [0.2, 0.25) is 0 Å². The van der Waals surface area contributed by atoms with Gasteiger partial charge in [-0.25, -0.2) is 4.98 Å². The molecule has 0 bridgehead atoms. The van der Waals surface area contributed by atoms with Gasteiger partial charge >= 0.3 is 0 Å². The van der Waals surface area contributed by atoms with Crippen LogP contribution in [0.1, 0.15) is 11.1 Å². The highest BCUT2D eigenvalue weighted by molar-refractivity contribution is 9.10. The van der Waals surface area contributed by atoms with Crippen molar-refractivity contribution in [3.8, 4) is 11.5 Å². The standard InChI is InChI=1S/C12H17BrN2Si/c1-9-10(6-5-7-16(2,3)4)12(14)15-8-11(9)13/h8H,6H2,1-4H3,(H2,14,15). The smallest absolute Gasteiger partial charge is 0.129 e. The molecule has 0 aromatic carbocycles. The second-order valence-electron chi connectivity index (χ2n) is 4.82. The minimum atomic E-state index is -1.29. The maximum atomic E-state index is 5.85. The number of aromatic nitrogens is 1. The van der Waals surface area contributed by atoms with E-state index in [-0.39, 0.29) is 0 Å². The number of nitrogen functional groups attached to an aromatic ring is 1. The van der Waals surface area contributed by atoms with Gasteiger partial charge in [-0.05, 0) is 28.4 Å². The summed E-state index contributed by atoms with van der Waals surface area (Å²) in [7, 11) is -1.29. The summed E-state index contributed by atoms with van der Waals surface area (Å²) in [5, 5.41) is 0. The number of hydrogen-bond acceptors (Lipinski definition) is 2. The average molecular weight is 297 g/mol. The first-order chi connectivity index (χ1) is 7.31. The van der Waals surface area contributed by atoms with Crippen LogP contribution in [0, 0.1) is 18.4 Å². The number of rotatable bonds is 1. The van der Waals surface area contributed by atoms with Crippen LogP contribution in [-0.2, 0) is 6.42 Å². The van der Waals surface area contributed by atoms with Crippen LogP contribution >= 0.6 is 15.9 Å². The van der Waals surface area contributed by atoms with Crippen molar-refractivity contribution in [2.75, 3.05) is 5.73 Å². The highest BCUT2D eigenvalue weighted by atomic mass is 79.9. The van der Waals surface area contributed by atoms with Crippen molar-refractivity contribution in [1.82, 2.24) is 4.98 Å². The molecule has 0 radical (unpaired) electrons. The Hall–Kier alpha value is -0.793. The van der Waals surface area contributed by atoms with E-state index >= 15 is 0 Å². The largest absolute Gasteiger partial charge is 0.383 e. The van der Waals surface area contributed by atoms with Gasteiger partial charge in [0.05, 0.1) is 0 Å². The van der Waals surface area contributed by atoms with Crippen molar-refractivity contribution in [2.45, 2.75) is 33.0 Å². The van der Waals surface area contributed by atoms with Crippen LogP contribution in [0.15, 0.2) is 10.7 Å². The summed E-state index contributed by atoms with van der Waals surface area (Å²) in [6, 6.07) is 0. The van der Waals surface area contributed by atoms with Gasteiger partial charge in [0, 0.05) is 22.7 Å². The van der Waals surface area contributed by atoms with Crippen LogP contribution in [0.25, 0.3) is 0 Å². The lowest BCUT2D eigenvalue weighted by Gasteiger charge is -2.08. The van der Waals surface area contributed by atoms with Gasteiger partial charge in [-0.1, -0.05) is 19.6 Å². The van der Waals surface area contributed by atoms with E-state index in [1.165, 1.54) is 0 Å². The molecule has 0 amide bonds. The van der Waals surface area contributed by atoms with Crippen molar-refractivity contribution in [3.63, 3.8) is 0 Å². The van der Waals surface area contributed by atoms with E-state index < -0.39 is 8.07 Å². The molecule has 0 fully saturated rings. The number of hydrogen-bond donors (Lipinski definition) is 1. The fourth-order valence-corrected chi connectivity index (χ4v) is 2.22. The molecule has 0 aliphatic carbocycles. The predicted molar refractivity (Wildman–Crippen MR) is 75.9 cm³/mol. The molecule has 2 nitrogen and oxygen atoms in total. The first kappa shape index (κ1) is 13.3. The zero-order chi connectivity index (χ0) is 12.3. The zero-order valence-corrected chi connectivity index (χ0v) is 12.8. The maximum absolute atomic E-state index is 5.85. The quantitative estimate of drug-likeness (QED) is 0.639. The second kappa shape index (κ2) is 5.02. The molecule has 2 N–H and O–H groups in total. The Morgan fingerprint density at radius 3 is 2.62 bits per heavy atom. The summed E-state index contributed by atoms with van der Waals surface area (Å²) < 4.78 is 0.992. The fraction of sp³-hybridized carbons (Fsp3) is 0.417. The highest BCUT2D eigenvalue weighted by Crippen LogP contribution is 2.22. The Labute approximate surface area is 107 Å². The SMILES string of the molecule is Cc1c(Br)cnc(N)c1CC#C[Si](C)(C)C. The van der Waals surface area contributed by atoms with Gasteiger partial charge in [0.15, 0.2) is 0 Å². The minimum absolute atomic E-state index is 0.588. The van der Waals surface area contributed by atoms with Gasteiger partial charge < -0.3 is 5.73 Å². The van der Waals surface area contributed by atoms with Crippen LogP contribution in [-0.4, -0.2) is 13.1 Å². The van der Waals surface area contributed by atoms with Crippen LogP contribution in [0.5, 0.6) is 0 Å². The van der Waals surface area contributed by atoms with E-state index in [4.69, 9.17) is 5.73 Å². The molecule has 4 heteroatoms. The van der Waals surface area contributed by atoms with Gasteiger partial charge in [-0.3, -0.25) is 0 Å². The highest BCUT2D eigenvalue weighted by Gasteiger charge is 2.09. The summed E-state index contributed by atoms with van der Waals surface area (Å²) in [6.45, 7) is 8.73. The molecular weight excluding hydrogens is 280 g/mol. The van der Waals surface area contributed by atoms with Crippen molar-refractivity contribution >= 4 is 29.8 Å². The van der Waals surface area contributed by atoms with Crippen molar-refractivity contribution in [3.05, 3.63) is 21.8 Å². The molecule has 0 aliphatic heterocycles. The molecule has 1 rings (SSSR count). The third-order valence-electron chi connectivity index (χ3n) is 2.17. The monoisotopic (exact) mass is 296 g/mol. The number of anilines is 1. The Morgan fingerprint density at radius 2 is 2.06 bits per heavy atom. The molecule has 1 heterocycles. The molecule has 0 unspecified atom stereocenters. The molecule has 16 heavy (non-hydrogen) atoms. The van der Waals surface area contributed by atoms with E-state index in [0.717, 1.165) is 15.6 Å². The van der Waals surface area contributed by atoms with E-state index in [9.17, 15) is 0 Å². The summed E-state index contributed by atoms with van der Waals surface area (Å²) in [5.41, 5.74) is 11.4. The van der Waals surface area contributed by atoms with Crippen molar-refractivity contribution < 1.29 is 0 Å². The maximum Gasteiger partial charge on any atom is 0.129 e. The molecule has 1 aromatic heterocycles. The van der Waals surface area contributed by atoms with E-state index in [2.05, 4.69) is 52.0 Å². The molecular formula is C12H17BrN2Si. The Kier molecular flexibility index (Phi) is 4.17. The summed E-state index contributed by atoms with van der Waals surface area (Å²) in [6.07, 6.45) is 2.43. The van der Waals surface area contributed by atoms with E-state index in [1.807, 2.05) is 6.92 Å². The molecule has 0 atom stereocenters. The molecule has 0 saturated heterocycles. The Morgan fingerprint density at radius 1 is 1.44 bits per heavy atom. The lowest BCUT2D eigenvalue weighted by molar-refractivity contribution is 1.16. The third kappa shape index (κ3) is 3.65. The predicted octanol–water partition coefficient (Wildman–Crippen LogP) is 3.16. The first-order valence-corrected chi connectivity index (χ1v) is 9.50. The topological polar surface area (TPSA) is 38.9 Å². The van der Waals surface area contributed by atoms with E-state index in [0.29, 0.717) is 12.2 Å². The Balaban J connectivity index is 2.97. The van der Waals surface area contributed by atoms with Crippen molar-refractivity contribution in [1.29, 1.82) is 0 Å². The van der Waals surface area contributed by atoms with Crippen LogP contribution in [0.4, 0.5) is 5.82 Å². The molecule has 0 spiro atoms. The summed E-state index contributed by atoms with van der Waals surface area (Å²) >= 11 is 3.45. The fourth-order valence-electron chi connectivity index (χ4n) is 1.26. The average Bonchev–Trinajstić information content (AvgIpc) is 2.16. The normalized spacial score (nSPS) is 10.8. The zero-order valence-electron chi connectivity index (χ0n) is 10.2. The number of nitrogens with zero attached hydrogens (tertiary/aromatic N) is 1. The number of halogens is 1. The van der Waals surface area contributed by atoms with Crippen molar-refractivity contribution in [2.24, 2.45) is 0 Å². The lowest BCUT2D eigenvalue weighted by Crippen LogP contribution is -2.16. The molecule has 0 saturated carbocycles. The van der Waals surface area contributed by atoms with Gasteiger partial charge in [-0.2, -0.15) is 0 Å². The van der Waals surface area contributed by atoms with Crippen LogP contribution < -0.4 is 5.73 Å². The van der Waals surface area contributed by atoms with E-state index in [1.54, 1.807) is 6.20 Å². The van der Waals surface area contributed by atoms with Crippen LogP contribution in [0.2, 0.25) is 19.6 Å². The minimum Gasteiger partial charge on any atom is -0.383 e. The summed E-state index contributed by atoms with van der Waals surface area (Å²) in [5.74, 6) is 3.81. The Bertz CT molecular complexity index is 453. The third-order valence-corrected chi connectivity index (χ3v) is 3.89. The number of pyridine rings is 1. The first-order valence-electron chi connectivity index (χ1n) is 5.21. The lowest BCUT2D eigenvalue weighted by atomic mass is 10.1. The van der Waals surface area contributed by atoms with Gasteiger partial charge in [0.1, 0.15) is 13.9 Å².